The molecule has 0 aliphatic carbocycles. The summed E-state index contributed by atoms with van der Waals surface area (Å²) in [4.78, 5) is 35.9. The van der Waals surface area contributed by atoms with Crippen molar-refractivity contribution in [2.75, 3.05) is 31.6 Å². The van der Waals surface area contributed by atoms with Crippen molar-refractivity contribution in [3.05, 3.63) is 24.3 Å². The third kappa shape index (κ3) is 6.70. The van der Waals surface area contributed by atoms with E-state index in [1.165, 1.54) is 0 Å². The Hall–Kier alpha value is -2.77. The molecule has 0 aromatic heterocycles. The summed E-state index contributed by atoms with van der Waals surface area (Å²) in [6.45, 7) is 1.82. The van der Waals surface area contributed by atoms with Gasteiger partial charge in [0, 0.05) is 37.8 Å². The molecule has 0 radical (unpaired) electrons. The summed E-state index contributed by atoms with van der Waals surface area (Å²) in [5.74, 6) is -0.432. The van der Waals surface area contributed by atoms with Crippen LogP contribution in [0, 0.1) is 0 Å². The van der Waals surface area contributed by atoms with Crippen LogP contribution >= 0.6 is 0 Å². The number of carbonyl (C=O) groups is 3. The zero-order chi connectivity index (χ0) is 18.1. The Labute approximate surface area is 146 Å². The Kier molecular flexibility index (Phi) is 7.06. The lowest BCUT2D eigenvalue weighted by Gasteiger charge is -2.15. The summed E-state index contributed by atoms with van der Waals surface area (Å²) >= 11 is 0. The number of carbonyl (C=O) groups excluding carboxylic acids is 2. The van der Waals surface area contributed by atoms with Gasteiger partial charge in [0.25, 0.3) is 5.91 Å². The molecule has 1 aromatic rings. The Morgan fingerprint density at radius 2 is 1.96 bits per heavy atom. The molecular formula is C17H23N3O5. The molecule has 25 heavy (non-hydrogen) atoms. The molecule has 1 fully saturated rings. The smallest absolute Gasteiger partial charge is 0.319 e. The predicted molar refractivity (Wildman–Crippen MR) is 91.6 cm³/mol. The van der Waals surface area contributed by atoms with Gasteiger partial charge in [-0.15, -0.1) is 0 Å². The topological polar surface area (TPSA) is 108 Å². The van der Waals surface area contributed by atoms with Crippen molar-refractivity contribution in [3.8, 4) is 5.75 Å². The van der Waals surface area contributed by atoms with Crippen molar-refractivity contribution in [3.63, 3.8) is 0 Å². The van der Waals surface area contributed by atoms with Crippen LogP contribution in [0.3, 0.4) is 0 Å². The first-order chi connectivity index (χ1) is 12.0. The fraction of sp³-hybridized carbons (Fsp3) is 0.471. The van der Waals surface area contributed by atoms with Crippen LogP contribution in [0.2, 0.25) is 0 Å². The first-order valence-electron chi connectivity index (χ1n) is 8.32. The van der Waals surface area contributed by atoms with Gasteiger partial charge in [-0.2, -0.15) is 0 Å². The highest BCUT2D eigenvalue weighted by molar-refractivity contribution is 5.89. The average Bonchev–Trinajstić information content (AvgIpc) is 3.11. The number of benzene rings is 1. The SMILES string of the molecule is O=C(O)CCCNC(=O)Nc1cccc(OCC(=O)N2CCCC2)c1. The Morgan fingerprint density at radius 1 is 1.20 bits per heavy atom. The first kappa shape index (κ1) is 18.6. The molecule has 136 valence electrons. The number of carboxylic acids is 1. The molecule has 0 bridgehead atoms. The van der Waals surface area contributed by atoms with E-state index in [9.17, 15) is 14.4 Å². The minimum atomic E-state index is -0.893. The van der Waals surface area contributed by atoms with E-state index in [1.807, 2.05) is 0 Å². The van der Waals surface area contributed by atoms with Crippen LogP contribution in [-0.2, 0) is 9.59 Å². The standard InChI is InChI=1S/C17H23N3O5/c21-15(20-9-1-2-10-20)12-25-14-6-3-5-13(11-14)19-17(24)18-8-4-7-16(22)23/h3,5-6,11H,1-2,4,7-10,12H2,(H,22,23)(H2,18,19,24). The van der Waals surface area contributed by atoms with Crippen LogP contribution in [0.1, 0.15) is 25.7 Å². The second-order valence-electron chi connectivity index (χ2n) is 5.78. The number of amides is 3. The minimum Gasteiger partial charge on any atom is -0.484 e. The van der Waals surface area contributed by atoms with Gasteiger partial charge >= 0.3 is 12.0 Å². The van der Waals surface area contributed by atoms with Crippen LogP contribution in [0.4, 0.5) is 10.5 Å². The summed E-state index contributed by atoms with van der Waals surface area (Å²) in [6, 6.07) is 6.35. The third-order valence-corrected chi connectivity index (χ3v) is 3.77. The van der Waals surface area contributed by atoms with E-state index >= 15 is 0 Å². The number of ether oxygens (including phenoxy) is 1. The highest BCUT2D eigenvalue weighted by Gasteiger charge is 2.18. The minimum absolute atomic E-state index is 0.00858. The molecule has 3 N–H and O–H groups in total. The molecule has 2 rings (SSSR count). The molecule has 0 spiro atoms. The van der Waals surface area contributed by atoms with Crippen molar-refractivity contribution in [1.29, 1.82) is 0 Å². The molecule has 1 aliphatic heterocycles. The number of anilines is 1. The Morgan fingerprint density at radius 3 is 2.68 bits per heavy atom. The van der Waals surface area contributed by atoms with E-state index in [2.05, 4.69) is 10.6 Å². The number of nitrogens with zero attached hydrogens (tertiary/aromatic N) is 1. The van der Waals surface area contributed by atoms with Gasteiger partial charge in [0.15, 0.2) is 6.61 Å². The molecule has 1 heterocycles. The number of rotatable bonds is 8. The van der Waals surface area contributed by atoms with Crippen LogP contribution in [0.15, 0.2) is 24.3 Å². The fourth-order valence-corrected chi connectivity index (χ4v) is 2.48. The van der Waals surface area contributed by atoms with Crippen LogP contribution in [-0.4, -0.2) is 54.2 Å². The van der Waals surface area contributed by atoms with Crippen molar-refractivity contribution in [1.82, 2.24) is 10.2 Å². The highest BCUT2D eigenvalue weighted by Crippen LogP contribution is 2.17. The number of likely N-dealkylation sites (tertiary alicyclic amines) is 1. The molecule has 8 heteroatoms. The molecule has 1 aromatic carbocycles. The average molecular weight is 349 g/mol. The largest absolute Gasteiger partial charge is 0.484 e. The maximum Gasteiger partial charge on any atom is 0.319 e. The molecule has 1 aliphatic rings. The molecule has 1 saturated heterocycles. The quantitative estimate of drug-likeness (QED) is 0.619. The zero-order valence-electron chi connectivity index (χ0n) is 14.0. The van der Waals surface area contributed by atoms with Gasteiger partial charge in [-0.1, -0.05) is 6.07 Å². The summed E-state index contributed by atoms with van der Waals surface area (Å²) in [5, 5.41) is 13.8. The van der Waals surface area contributed by atoms with Crippen LogP contribution in [0.5, 0.6) is 5.75 Å². The molecule has 8 nitrogen and oxygen atoms in total. The highest BCUT2D eigenvalue weighted by atomic mass is 16.5. The van der Waals surface area contributed by atoms with Crippen molar-refractivity contribution in [2.45, 2.75) is 25.7 Å². The van der Waals surface area contributed by atoms with E-state index in [1.54, 1.807) is 29.2 Å². The maximum atomic E-state index is 12.0. The molecular weight excluding hydrogens is 326 g/mol. The van der Waals surface area contributed by atoms with E-state index in [-0.39, 0.29) is 25.5 Å². The summed E-state index contributed by atoms with van der Waals surface area (Å²) in [6.07, 6.45) is 2.44. The maximum absolute atomic E-state index is 12.0. The molecule has 0 unspecified atom stereocenters. The Bertz CT molecular complexity index is 614. The van der Waals surface area contributed by atoms with E-state index < -0.39 is 12.0 Å². The number of urea groups is 1. The van der Waals surface area contributed by atoms with Crippen LogP contribution in [0.25, 0.3) is 0 Å². The second-order valence-corrected chi connectivity index (χ2v) is 5.78. The lowest BCUT2D eigenvalue weighted by atomic mass is 10.3. The van der Waals surface area contributed by atoms with E-state index in [0.29, 0.717) is 17.9 Å². The Balaban J connectivity index is 1.75. The number of hydrogen-bond donors (Lipinski definition) is 3. The first-order valence-corrected chi connectivity index (χ1v) is 8.32. The summed E-state index contributed by atoms with van der Waals surface area (Å²) in [5.41, 5.74) is 0.529. The number of carboxylic acid groups (broad SMARTS) is 1. The van der Waals surface area contributed by atoms with Gasteiger partial charge in [-0.05, 0) is 31.4 Å². The lowest BCUT2D eigenvalue weighted by Crippen LogP contribution is -2.32. The van der Waals surface area contributed by atoms with Gasteiger partial charge in [-0.25, -0.2) is 4.79 Å². The van der Waals surface area contributed by atoms with E-state index in [0.717, 1.165) is 25.9 Å². The van der Waals surface area contributed by atoms with Crippen molar-refractivity contribution < 1.29 is 24.2 Å². The summed E-state index contributed by atoms with van der Waals surface area (Å²) in [7, 11) is 0. The van der Waals surface area contributed by atoms with Crippen molar-refractivity contribution in [2.24, 2.45) is 0 Å². The fourth-order valence-electron chi connectivity index (χ4n) is 2.48. The summed E-state index contributed by atoms with van der Waals surface area (Å²) < 4.78 is 5.50. The lowest BCUT2D eigenvalue weighted by molar-refractivity contribution is -0.137. The normalized spacial score (nSPS) is 13.4. The zero-order valence-corrected chi connectivity index (χ0v) is 14.0. The molecule has 3 amide bonds. The number of nitrogens with one attached hydrogen (secondary N) is 2. The molecule has 0 atom stereocenters. The van der Waals surface area contributed by atoms with Gasteiger partial charge in [0.1, 0.15) is 5.75 Å². The third-order valence-electron chi connectivity index (χ3n) is 3.77. The molecule has 0 saturated carbocycles. The van der Waals surface area contributed by atoms with Gasteiger partial charge < -0.3 is 25.4 Å². The van der Waals surface area contributed by atoms with Crippen molar-refractivity contribution >= 4 is 23.6 Å². The van der Waals surface area contributed by atoms with E-state index in [4.69, 9.17) is 9.84 Å². The van der Waals surface area contributed by atoms with Gasteiger partial charge in [0.2, 0.25) is 0 Å². The van der Waals surface area contributed by atoms with Gasteiger partial charge in [-0.3, -0.25) is 9.59 Å². The second kappa shape index (κ2) is 9.51. The predicted octanol–water partition coefficient (Wildman–Crippen LogP) is 1.67. The van der Waals surface area contributed by atoms with Crippen LogP contribution < -0.4 is 15.4 Å². The van der Waals surface area contributed by atoms with Gasteiger partial charge in [0.05, 0.1) is 0 Å². The monoisotopic (exact) mass is 349 g/mol. The number of hydrogen-bond acceptors (Lipinski definition) is 4. The number of aliphatic carboxylic acids is 1.